The number of carbonyl (C=O) groups is 2. The zero-order chi connectivity index (χ0) is 25.1. The molecule has 178 valence electrons. The Kier molecular flexibility index (Phi) is 6.15. The topological polar surface area (TPSA) is 113 Å². The number of ether oxygens (including phenoxy) is 2. The fourth-order valence-corrected chi connectivity index (χ4v) is 3.58. The van der Waals surface area contributed by atoms with E-state index >= 15 is 0 Å². The summed E-state index contributed by atoms with van der Waals surface area (Å²) in [6, 6.07) is 22.3. The van der Waals surface area contributed by atoms with Crippen LogP contribution in [0, 0.1) is 0 Å². The van der Waals surface area contributed by atoms with Crippen LogP contribution in [-0.4, -0.2) is 11.9 Å². The lowest BCUT2D eigenvalue weighted by Crippen LogP contribution is -2.10. The van der Waals surface area contributed by atoms with Crippen LogP contribution in [0.1, 0.15) is 32.2 Å². The molecule has 3 aromatic carbocycles. The molecule has 0 spiro atoms. The predicted octanol–water partition coefficient (Wildman–Crippen LogP) is 4.61. The van der Waals surface area contributed by atoms with Gasteiger partial charge in [0.1, 0.15) is 24.4 Å². The van der Waals surface area contributed by atoms with E-state index in [-0.39, 0.29) is 35.6 Å². The maximum atomic E-state index is 12.4. The van der Waals surface area contributed by atoms with Gasteiger partial charge in [0, 0.05) is 12.1 Å². The third kappa shape index (κ3) is 4.78. The van der Waals surface area contributed by atoms with Gasteiger partial charge in [-0.1, -0.05) is 48.5 Å². The molecule has 0 bridgehead atoms. The van der Waals surface area contributed by atoms with E-state index in [1.807, 2.05) is 0 Å². The van der Waals surface area contributed by atoms with Crippen molar-refractivity contribution in [3.63, 3.8) is 0 Å². The van der Waals surface area contributed by atoms with Gasteiger partial charge in [-0.3, -0.25) is 9.59 Å². The molecule has 0 atom stereocenters. The molecule has 0 amide bonds. The normalized spacial score (nSPS) is 10.9. The molecular weight excluding hydrogens is 464 g/mol. The highest BCUT2D eigenvalue weighted by Crippen LogP contribution is 2.15. The minimum absolute atomic E-state index is 0.0440. The first-order valence-corrected chi connectivity index (χ1v) is 11.0. The minimum atomic E-state index is -0.757. The number of para-hydroxylation sites is 2. The number of fused-ring (bicyclic) bond motifs is 2. The summed E-state index contributed by atoms with van der Waals surface area (Å²) in [4.78, 5) is 49.0. The van der Waals surface area contributed by atoms with Crippen LogP contribution in [0.15, 0.2) is 103 Å². The van der Waals surface area contributed by atoms with Crippen LogP contribution in [0.3, 0.4) is 0 Å². The zero-order valence-corrected chi connectivity index (χ0v) is 18.8. The molecule has 0 aliphatic rings. The highest BCUT2D eigenvalue weighted by Gasteiger charge is 2.15. The van der Waals surface area contributed by atoms with Crippen molar-refractivity contribution >= 4 is 33.9 Å². The molecule has 0 radical (unpaired) electrons. The van der Waals surface area contributed by atoms with Gasteiger partial charge < -0.3 is 18.3 Å². The summed E-state index contributed by atoms with van der Waals surface area (Å²) in [6.07, 6.45) is 0. The minimum Gasteiger partial charge on any atom is -0.455 e. The van der Waals surface area contributed by atoms with Crippen LogP contribution >= 0.6 is 0 Å². The molecule has 0 aliphatic carbocycles. The van der Waals surface area contributed by atoms with Crippen LogP contribution in [-0.2, 0) is 22.7 Å². The molecule has 0 N–H and O–H groups in total. The molecule has 0 unspecified atom stereocenters. The molecule has 8 nitrogen and oxygen atoms in total. The Morgan fingerprint density at radius 2 is 0.972 bits per heavy atom. The van der Waals surface area contributed by atoms with Gasteiger partial charge in [-0.15, -0.1) is 0 Å². The Labute approximate surface area is 203 Å². The summed E-state index contributed by atoms with van der Waals surface area (Å²) in [5.41, 5.74) is 1.32. The average Bonchev–Trinajstić information content (AvgIpc) is 2.91. The summed E-state index contributed by atoms with van der Waals surface area (Å²) in [7, 11) is 0. The standard InChI is InChI=1S/C28H18O8/c29-21-13-25(35-23-7-3-1-5-19(21)23)27(31)33-15-17-9-11-18(12-10-17)16-34-28(32)26-14-22(30)20-6-2-4-8-24(20)36-26/h1-14H,15-16H2. The van der Waals surface area contributed by atoms with E-state index in [9.17, 15) is 19.2 Å². The van der Waals surface area contributed by atoms with Crippen molar-refractivity contribution in [2.24, 2.45) is 0 Å². The van der Waals surface area contributed by atoms with Crippen LogP contribution in [0.4, 0.5) is 0 Å². The second-order valence-electron chi connectivity index (χ2n) is 7.91. The first kappa shape index (κ1) is 22.8. The van der Waals surface area contributed by atoms with Crippen molar-refractivity contribution in [2.75, 3.05) is 0 Å². The van der Waals surface area contributed by atoms with Crippen LogP contribution in [0.25, 0.3) is 21.9 Å². The number of carbonyl (C=O) groups excluding carboxylic acids is 2. The molecule has 2 heterocycles. The van der Waals surface area contributed by atoms with E-state index < -0.39 is 11.9 Å². The van der Waals surface area contributed by atoms with Gasteiger partial charge >= 0.3 is 11.9 Å². The molecule has 0 saturated heterocycles. The van der Waals surface area contributed by atoms with Crippen molar-refractivity contribution < 1.29 is 27.9 Å². The Hall–Kier alpha value is -4.98. The summed E-state index contributed by atoms with van der Waals surface area (Å²) >= 11 is 0. The Bertz CT molecular complexity index is 1580. The number of benzene rings is 3. The second kappa shape index (κ2) is 9.71. The molecule has 0 aliphatic heterocycles. The zero-order valence-electron chi connectivity index (χ0n) is 18.8. The maximum Gasteiger partial charge on any atom is 0.374 e. The van der Waals surface area contributed by atoms with Gasteiger partial charge in [-0.25, -0.2) is 9.59 Å². The van der Waals surface area contributed by atoms with E-state index in [2.05, 4.69) is 0 Å². The van der Waals surface area contributed by atoms with Gasteiger partial charge in [-0.2, -0.15) is 0 Å². The van der Waals surface area contributed by atoms with Crippen LogP contribution in [0.2, 0.25) is 0 Å². The largest absolute Gasteiger partial charge is 0.455 e. The number of esters is 2. The van der Waals surface area contributed by atoms with Gasteiger partial charge in [0.15, 0.2) is 10.9 Å². The average molecular weight is 482 g/mol. The highest BCUT2D eigenvalue weighted by atomic mass is 16.5. The van der Waals surface area contributed by atoms with Crippen molar-refractivity contribution in [3.05, 3.63) is 128 Å². The first-order chi connectivity index (χ1) is 17.5. The van der Waals surface area contributed by atoms with E-state index in [0.717, 1.165) is 12.1 Å². The van der Waals surface area contributed by atoms with Crippen LogP contribution in [0.5, 0.6) is 0 Å². The van der Waals surface area contributed by atoms with Crippen molar-refractivity contribution in [2.45, 2.75) is 13.2 Å². The third-order valence-electron chi connectivity index (χ3n) is 5.43. The molecule has 36 heavy (non-hydrogen) atoms. The fourth-order valence-electron chi connectivity index (χ4n) is 3.58. The van der Waals surface area contributed by atoms with E-state index in [1.165, 1.54) is 0 Å². The first-order valence-electron chi connectivity index (χ1n) is 11.0. The monoisotopic (exact) mass is 482 g/mol. The predicted molar refractivity (Wildman–Crippen MR) is 130 cm³/mol. The number of hydrogen-bond acceptors (Lipinski definition) is 8. The molecule has 8 heteroatoms. The molecule has 0 fully saturated rings. The van der Waals surface area contributed by atoms with E-state index in [0.29, 0.717) is 33.1 Å². The summed E-state index contributed by atoms with van der Waals surface area (Å²) in [6.45, 7) is -0.0879. The van der Waals surface area contributed by atoms with Crippen molar-refractivity contribution in [1.29, 1.82) is 0 Å². The lowest BCUT2D eigenvalue weighted by Gasteiger charge is -2.07. The third-order valence-corrected chi connectivity index (χ3v) is 5.43. The number of hydrogen-bond donors (Lipinski definition) is 0. The maximum absolute atomic E-state index is 12.4. The highest BCUT2D eigenvalue weighted by molar-refractivity contribution is 5.89. The molecule has 5 aromatic rings. The van der Waals surface area contributed by atoms with Crippen molar-refractivity contribution in [1.82, 2.24) is 0 Å². The SMILES string of the molecule is O=C(OCc1ccc(COC(=O)c2cc(=O)c3ccccc3o2)cc1)c1cc(=O)c2ccccc2o1. The van der Waals surface area contributed by atoms with Gasteiger partial charge in [0.2, 0.25) is 11.5 Å². The second-order valence-corrected chi connectivity index (χ2v) is 7.91. The Morgan fingerprint density at radius 1 is 0.583 bits per heavy atom. The summed E-state index contributed by atoms with van der Waals surface area (Å²) in [5, 5.41) is 0.765. The Balaban J connectivity index is 1.19. The van der Waals surface area contributed by atoms with Gasteiger partial charge in [0.25, 0.3) is 0 Å². The smallest absolute Gasteiger partial charge is 0.374 e. The number of rotatable bonds is 6. The van der Waals surface area contributed by atoms with Crippen molar-refractivity contribution in [3.8, 4) is 0 Å². The fraction of sp³-hybridized carbons (Fsp3) is 0.0714. The quantitative estimate of drug-likeness (QED) is 0.322. The molecule has 0 saturated carbocycles. The Morgan fingerprint density at radius 3 is 1.39 bits per heavy atom. The lowest BCUT2D eigenvalue weighted by atomic mass is 10.1. The van der Waals surface area contributed by atoms with E-state index in [4.69, 9.17) is 18.3 Å². The molecular formula is C28H18O8. The van der Waals surface area contributed by atoms with Gasteiger partial charge in [0.05, 0.1) is 10.8 Å². The lowest BCUT2D eigenvalue weighted by molar-refractivity contribution is 0.0425. The molecule has 5 rings (SSSR count). The summed E-state index contributed by atoms with van der Waals surface area (Å²) < 4.78 is 21.5. The van der Waals surface area contributed by atoms with Gasteiger partial charge in [-0.05, 0) is 35.4 Å². The van der Waals surface area contributed by atoms with E-state index in [1.54, 1.807) is 72.8 Å². The molecule has 2 aromatic heterocycles. The summed E-state index contributed by atoms with van der Waals surface area (Å²) in [5.74, 6) is -1.87. The van der Waals surface area contributed by atoms with Crippen LogP contribution < -0.4 is 10.9 Å².